The molecule has 4 nitrogen and oxygen atoms in total. The minimum absolute atomic E-state index is 0.0450. The number of carbonyl (C=O) groups is 1. The number of nitrogens with zero attached hydrogens (tertiary/aromatic N) is 1. The number of para-hydroxylation sites is 1. The van der Waals surface area contributed by atoms with Crippen LogP contribution in [0.2, 0.25) is 0 Å². The average Bonchev–Trinajstić information content (AvgIpc) is 3.29. The lowest BCUT2D eigenvalue weighted by molar-refractivity contribution is -0.113. The minimum atomic E-state index is -0.0450. The van der Waals surface area contributed by atoms with Crippen molar-refractivity contribution in [1.29, 1.82) is 0 Å². The Morgan fingerprint density at radius 3 is 2.77 bits per heavy atom. The number of anilines is 1. The fourth-order valence-electron chi connectivity index (χ4n) is 2.54. The molecule has 26 heavy (non-hydrogen) atoms. The minimum Gasteiger partial charge on any atom is -0.454 e. The molecule has 130 valence electrons. The van der Waals surface area contributed by atoms with Gasteiger partial charge in [-0.2, -0.15) is 0 Å². The summed E-state index contributed by atoms with van der Waals surface area (Å²) in [6.45, 7) is 0. The number of hydrogen-bond acceptors (Lipinski definition) is 5. The Hall–Kier alpha value is -2.57. The van der Waals surface area contributed by atoms with Gasteiger partial charge in [0.15, 0.2) is 10.9 Å². The second-order valence-electron chi connectivity index (χ2n) is 5.71. The van der Waals surface area contributed by atoms with Crippen molar-refractivity contribution in [2.75, 3.05) is 11.1 Å². The lowest BCUT2D eigenvalue weighted by Crippen LogP contribution is -2.13. The Labute approximate surface area is 159 Å². The number of benzene rings is 2. The molecule has 2 heterocycles. The smallest absolute Gasteiger partial charge is 0.236 e. The fourth-order valence-corrected chi connectivity index (χ4v) is 4.05. The third-order valence-corrected chi connectivity index (χ3v) is 5.53. The van der Waals surface area contributed by atoms with Gasteiger partial charge < -0.3 is 9.73 Å². The number of rotatable bonds is 6. The van der Waals surface area contributed by atoms with Gasteiger partial charge in [-0.1, -0.05) is 48.5 Å². The van der Waals surface area contributed by atoms with Crippen LogP contribution < -0.4 is 5.32 Å². The maximum Gasteiger partial charge on any atom is 0.236 e. The maximum absolute atomic E-state index is 12.1. The van der Waals surface area contributed by atoms with Gasteiger partial charge >= 0.3 is 0 Å². The van der Waals surface area contributed by atoms with Gasteiger partial charge in [0, 0.05) is 16.5 Å². The van der Waals surface area contributed by atoms with Crippen LogP contribution in [0.3, 0.4) is 0 Å². The zero-order chi connectivity index (χ0) is 17.8. The van der Waals surface area contributed by atoms with Gasteiger partial charge in [-0.05, 0) is 17.7 Å². The Morgan fingerprint density at radius 2 is 1.92 bits per heavy atom. The number of fused-ring (bicyclic) bond motifs is 1. The summed E-state index contributed by atoms with van der Waals surface area (Å²) in [5, 5.41) is 6.38. The largest absolute Gasteiger partial charge is 0.454 e. The molecule has 0 aliphatic carbocycles. The Balaban J connectivity index is 1.35. The van der Waals surface area contributed by atoms with Crippen molar-refractivity contribution in [1.82, 2.24) is 4.98 Å². The van der Waals surface area contributed by atoms with Gasteiger partial charge in [-0.25, -0.2) is 4.98 Å². The second kappa shape index (κ2) is 7.76. The molecule has 0 radical (unpaired) electrons. The number of carbonyl (C=O) groups excluding carboxylic acids is 1. The van der Waals surface area contributed by atoms with E-state index < -0.39 is 0 Å². The molecule has 2 aromatic heterocycles. The van der Waals surface area contributed by atoms with E-state index in [-0.39, 0.29) is 5.91 Å². The first-order valence-electron chi connectivity index (χ1n) is 8.14. The van der Waals surface area contributed by atoms with Crippen molar-refractivity contribution in [2.24, 2.45) is 0 Å². The van der Waals surface area contributed by atoms with Crippen molar-refractivity contribution in [3.63, 3.8) is 0 Å². The number of thioether (sulfide) groups is 1. The van der Waals surface area contributed by atoms with E-state index in [0.29, 0.717) is 16.6 Å². The monoisotopic (exact) mass is 380 g/mol. The van der Waals surface area contributed by atoms with Gasteiger partial charge in [0.1, 0.15) is 11.3 Å². The van der Waals surface area contributed by atoms with Crippen LogP contribution in [0, 0.1) is 0 Å². The highest BCUT2D eigenvalue weighted by molar-refractivity contribution is 7.99. The van der Waals surface area contributed by atoms with E-state index in [2.05, 4.69) is 22.4 Å². The van der Waals surface area contributed by atoms with Crippen LogP contribution in [0.5, 0.6) is 0 Å². The number of furan rings is 1. The van der Waals surface area contributed by atoms with Crippen molar-refractivity contribution >= 4 is 45.1 Å². The summed E-state index contributed by atoms with van der Waals surface area (Å²) in [7, 11) is 0. The number of aromatic nitrogens is 1. The van der Waals surface area contributed by atoms with E-state index in [9.17, 15) is 4.79 Å². The predicted octanol–water partition coefficient (Wildman–Crippen LogP) is 5.43. The molecule has 0 aliphatic heterocycles. The van der Waals surface area contributed by atoms with E-state index in [1.54, 1.807) is 11.8 Å². The molecular formula is C20H16N2O2S2. The highest BCUT2D eigenvalue weighted by Crippen LogP contribution is 2.30. The molecule has 4 rings (SSSR count). The van der Waals surface area contributed by atoms with E-state index >= 15 is 0 Å². The molecule has 0 fully saturated rings. The predicted molar refractivity (Wildman–Crippen MR) is 109 cm³/mol. The standard InChI is InChI=1S/C20H16N2O2S2/c23-19(13-25-11-14-6-2-1-3-7-14)22-20-21-16(12-26-20)18-10-15-8-4-5-9-17(15)24-18/h1-10,12H,11,13H2,(H,21,22,23). The first-order valence-corrected chi connectivity index (χ1v) is 10.2. The quantitative estimate of drug-likeness (QED) is 0.485. The van der Waals surface area contributed by atoms with E-state index in [4.69, 9.17) is 4.42 Å². The van der Waals surface area contributed by atoms with Crippen LogP contribution in [0.15, 0.2) is 70.5 Å². The number of nitrogens with one attached hydrogen (secondary N) is 1. The van der Waals surface area contributed by atoms with Crippen molar-refractivity contribution in [3.8, 4) is 11.5 Å². The molecule has 0 bridgehead atoms. The van der Waals surface area contributed by atoms with E-state index in [1.165, 1.54) is 16.9 Å². The van der Waals surface area contributed by atoms with Gasteiger partial charge in [-0.15, -0.1) is 23.1 Å². The van der Waals surface area contributed by atoms with E-state index in [1.807, 2.05) is 53.9 Å². The van der Waals surface area contributed by atoms with Crippen molar-refractivity contribution in [3.05, 3.63) is 71.6 Å². The normalized spacial score (nSPS) is 10.9. The molecule has 1 amide bonds. The SMILES string of the molecule is O=C(CSCc1ccccc1)Nc1nc(-c2cc3ccccc3o2)cs1. The lowest BCUT2D eigenvalue weighted by atomic mass is 10.2. The Bertz CT molecular complexity index is 991. The first-order chi connectivity index (χ1) is 12.8. The summed E-state index contributed by atoms with van der Waals surface area (Å²) in [6, 6.07) is 19.9. The third-order valence-electron chi connectivity index (χ3n) is 3.77. The summed E-state index contributed by atoms with van der Waals surface area (Å²) in [5.74, 6) is 1.88. The number of thiazole rings is 1. The zero-order valence-electron chi connectivity index (χ0n) is 13.8. The Morgan fingerprint density at radius 1 is 1.12 bits per heavy atom. The van der Waals surface area contributed by atoms with E-state index in [0.717, 1.165) is 22.4 Å². The van der Waals surface area contributed by atoms with Crippen LogP contribution in [0.25, 0.3) is 22.4 Å². The molecule has 0 unspecified atom stereocenters. The van der Waals surface area contributed by atoms with Gasteiger partial charge in [-0.3, -0.25) is 4.79 Å². The van der Waals surface area contributed by atoms with Crippen LogP contribution in [0.4, 0.5) is 5.13 Å². The van der Waals surface area contributed by atoms with Crippen LogP contribution >= 0.6 is 23.1 Å². The summed E-state index contributed by atoms with van der Waals surface area (Å²) in [5.41, 5.74) is 2.78. The summed E-state index contributed by atoms with van der Waals surface area (Å²) < 4.78 is 5.81. The topological polar surface area (TPSA) is 55.1 Å². The van der Waals surface area contributed by atoms with Gasteiger partial charge in [0.2, 0.25) is 5.91 Å². The van der Waals surface area contributed by atoms with Crippen LogP contribution in [-0.2, 0) is 10.5 Å². The summed E-state index contributed by atoms with van der Waals surface area (Å²) >= 11 is 2.99. The molecule has 6 heteroatoms. The molecule has 0 saturated carbocycles. The van der Waals surface area contributed by atoms with Crippen LogP contribution in [0.1, 0.15) is 5.56 Å². The van der Waals surface area contributed by atoms with Crippen molar-refractivity contribution < 1.29 is 9.21 Å². The second-order valence-corrected chi connectivity index (χ2v) is 7.56. The van der Waals surface area contributed by atoms with Crippen LogP contribution in [-0.4, -0.2) is 16.6 Å². The average molecular weight is 380 g/mol. The molecular weight excluding hydrogens is 364 g/mol. The summed E-state index contributed by atoms with van der Waals surface area (Å²) in [4.78, 5) is 16.6. The number of hydrogen-bond donors (Lipinski definition) is 1. The highest BCUT2D eigenvalue weighted by Gasteiger charge is 2.12. The Kier molecular flexibility index (Phi) is 5.04. The van der Waals surface area contributed by atoms with Crippen molar-refractivity contribution in [2.45, 2.75) is 5.75 Å². The fraction of sp³-hybridized carbons (Fsp3) is 0.100. The maximum atomic E-state index is 12.1. The third kappa shape index (κ3) is 3.98. The van der Waals surface area contributed by atoms with Gasteiger partial charge in [0.05, 0.1) is 5.75 Å². The molecule has 0 aliphatic rings. The first kappa shape index (κ1) is 16.9. The molecule has 4 aromatic rings. The summed E-state index contributed by atoms with van der Waals surface area (Å²) in [6.07, 6.45) is 0. The molecule has 2 aromatic carbocycles. The van der Waals surface area contributed by atoms with Gasteiger partial charge in [0.25, 0.3) is 0 Å². The molecule has 1 N–H and O–H groups in total. The molecule has 0 spiro atoms. The lowest BCUT2D eigenvalue weighted by Gasteiger charge is -2.02. The number of amides is 1. The zero-order valence-corrected chi connectivity index (χ0v) is 15.5. The molecule has 0 atom stereocenters. The molecule has 0 saturated heterocycles. The highest BCUT2D eigenvalue weighted by atomic mass is 32.2.